The molecule has 1 aromatic carbocycles. The Labute approximate surface area is 140 Å². The number of aromatic amines is 1. The van der Waals surface area contributed by atoms with Crippen LogP contribution in [0.1, 0.15) is 5.56 Å². The van der Waals surface area contributed by atoms with E-state index in [0.29, 0.717) is 10.6 Å². The number of rotatable bonds is 4. The summed E-state index contributed by atoms with van der Waals surface area (Å²) in [6.45, 7) is 0.0532. The van der Waals surface area contributed by atoms with Gasteiger partial charge in [0.05, 0.1) is 6.33 Å². The Morgan fingerprint density at radius 1 is 1.46 bits per heavy atom. The van der Waals surface area contributed by atoms with E-state index < -0.39 is 5.56 Å². The second-order valence-corrected chi connectivity index (χ2v) is 5.46. The zero-order chi connectivity index (χ0) is 17.3. The van der Waals surface area contributed by atoms with Gasteiger partial charge in [0, 0.05) is 11.6 Å². The number of nitrogen functional groups attached to an aromatic ring is 1. The third kappa shape index (κ3) is 3.15. The van der Waals surface area contributed by atoms with Crippen LogP contribution in [0.2, 0.25) is 5.02 Å². The van der Waals surface area contributed by atoms with Crippen LogP contribution >= 0.6 is 11.6 Å². The van der Waals surface area contributed by atoms with Crippen LogP contribution < -0.4 is 16.6 Å². The van der Waals surface area contributed by atoms with Crippen molar-refractivity contribution < 1.29 is 9.90 Å². The summed E-state index contributed by atoms with van der Waals surface area (Å²) in [6, 6.07) is 4.47. The van der Waals surface area contributed by atoms with Crippen LogP contribution in [-0.4, -0.2) is 30.5 Å². The fourth-order valence-electron chi connectivity index (χ4n) is 2.19. The van der Waals surface area contributed by atoms with E-state index in [1.165, 1.54) is 23.0 Å². The van der Waals surface area contributed by atoms with E-state index in [0.717, 1.165) is 0 Å². The van der Waals surface area contributed by atoms with Crippen molar-refractivity contribution in [3.8, 4) is 5.75 Å². The molecule has 0 aliphatic carbocycles. The number of fused-ring (bicyclic) bond motifs is 1. The lowest BCUT2D eigenvalue weighted by atomic mass is 10.2. The van der Waals surface area contributed by atoms with Crippen LogP contribution in [0.5, 0.6) is 5.75 Å². The third-order valence-corrected chi connectivity index (χ3v) is 3.68. The summed E-state index contributed by atoms with van der Waals surface area (Å²) >= 11 is 6.00. The van der Waals surface area contributed by atoms with Crippen molar-refractivity contribution >= 4 is 34.6 Å². The molecule has 1 amide bonds. The van der Waals surface area contributed by atoms with E-state index in [1.807, 2.05) is 0 Å². The van der Waals surface area contributed by atoms with Crippen molar-refractivity contribution in [3.05, 3.63) is 45.5 Å². The van der Waals surface area contributed by atoms with Gasteiger partial charge in [0.25, 0.3) is 5.56 Å². The molecular weight excluding hydrogens is 336 g/mol. The Bertz CT molecular complexity index is 980. The molecule has 0 saturated heterocycles. The molecule has 0 saturated carbocycles. The number of phenolic OH excluding ortho intramolecular Hbond substituents is 1. The maximum atomic E-state index is 12.1. The van der Waals surface area contributed by atoms with Gasteiger partial charge in [-0.2, -0.15) is 4.98 Å². The van der Waals surface area contributed by atoms with Crippen molar-refractivity contribution in [2.75, 3.05) is 5.73 Å². The molecule has 24 heavy (non-hydrogen) atoms. The van der Waals surface area contributed by atoms with Crippen LogP contribution in [-0.2, 0) is 17.9 Å². The average Bonchev–Trinajstić information content (AvgIpc) is 2.91. The number of amides is 1. The summed E-state index contributed by atoms with van der Waals surface area (Å²) in [5, 5.41) is 12.5. The number of hydrogen-bond acceptors (Lipinski definition) is 6. The van der Waals surface area contributed by atoms with Crippen LogP contribution in [0.4, 0.5) is 5.95 Å². The molecule has 0 bridgehead atoms. The van der Waals surface area contributed by atoms with Crippen LogP contribution in [0, 0.1) is 0 Å². The summed E-state index contributed by atoms with van der Waals surface area (Å²) in [7, 11) is 0. The highest BCUT2D eigenvalue weighted by Gasteiger charge is 2.12. The van der Waals surface area contributed by atoms with E-state index in [1.54, 1.807) is 6.07 Å². The molecule has 0 aliphatic heterocycles. The van der Waals surface area contributed by atoms with Crippen molar-refractivity contribution in [1.82, 2.24) is 24.8 Å². The van der Waals surface area contributed by atoms with Crippen LogP contribution in [0.15, 0.2) is 29.3 Å². The summed E-state index contributed by atoms with van der Waals surface area (Å²) in [5.41, 5.74) is 5.94. The zero-order valence-corrected chi connectivity index (χ0v) is 13.0. The standard InChI is InChI=1S/C14H13ClN6O3/c15-9-2-1-8(22)3-7(9)4-17-10(23)5-21-6-18-11-12(21)19-14(16)20-13(11)24/h1-3,6,22H,4-5H2,(H,17,23)(H3,16,19,20,24). The Morgan fingerprint density at radius 2 is 2.25 bits per heavy atom. The number of carbonyl (C=O) groups is 1. The van der Waals surface area contributed by atoms with Gasteiger partial charge in [0.1, 0.15) is 12.3 Å². The quantitative estimate of drug-likeness (QED) is 0.537. The number of hydrogen-bond donors (Lipinski definition) is 4. The summed E-state index contributed by atoms with van der Waals surface area (Å²) in [5.74, 6) is -0.335. The van der Waals surface area contributed by atoms with Crippen molar-refractivity contribution in [2.24, 2.45) is 0 Å². The first-order valence-corrected chi connectivity index (χ1v) is 7.26. The number of anilines is 1. The van der Waals surface area contributed by atoms with Gasteiger partial charge in [-0.1, -0.05) is 11.6 Å². The minimum Gasteiger partial charge on any atom is -0.508 e. The summed E-state index contributed by atoms with van der Waals surface area (Å²) < 4.78 is 1.42. The monoisotopic (exact) mass is 348 g/mol. The molecule has 2 heterocycles. The van der Waals surface area contributed by atoms with Crippen LogP contribution in [0.3, 0.4) is 0 Å². The van der Waals surface area contributed by atoms with Gasteiger partial charge in [-0.25, -0.2) is 4.98 Å². The van der Waals surface area contributed by atoms with Gasteiger partial charge in [-0.3, -0.25) is 14.6 Å². The maximum Gasteiger partial charge on any atom is 0.280 e. The fourth-order valence-corrected chi connectivity index (χ4v) is 2.37. The molecular formula is C14H13ClN6O3. The predicted molar refractivity (Wildman–Crippen MR) is 87.5 cm³/mol. The van der Waals surface area contributed by atoms with Gasteiger partial charge in [-0.15, -0.1) is 0 Å². The highest BCUT2D eigenvalue weighted by atomic mass is 35.5. The van der Waals surface area contributed by atoms with E-state index in [2.05, 4.69) is 20.3 Å². The largest absolute Gasteiger partial charge is 0.508 e. The predicted octanol–water partition coefficient (Wildman–Crippen LogP) is 0.377. The molecule has 9 nitrogen and oxygen atoms in total. The van der Waals surface area contributed by atoms with Crippen molar-refractivity contribution in [3.63, 3.8) is 0 Å². The molecule has 124 valence electrons. The van der Waals surface area contributed by atoms with Gasteiger partial charge in [0.2, 0.25) is 11.9 Å². The highest BCUT2D eigenvalue weighted by Crippen LogP contribution is 2.20. The second kappa shape index (κ2) is 6.20. The minimum absolute atomic E-state index is 0.0544. The SMILES string of the molecule is Nc1nc2c(ncn2CC(=O)NCc2cc(O)ccc2Cl)c(=O)[nH]1. The molecule has 3 rings (SSSR count). The number of nitrogens with two attached hydrogens (primary N) is 1. The van der Waals surface area contributed by atoms with Gasteiger partial charge >= 0.3 is 0 Å². The number of nitrogens with zero attached hydrogens (tertiary/aromatic N) is 3. The molecule has 2 aromatic heterocycles. The van der Waals surface area contributed by atoms with Gasteiger partial charge in [0.15, 0.2) is 11.2 Å². The maximum absolute atomic E-state index is 12.1. The lowest BCUT2D eigenvalue weighted by Gasteiger charge is -2.08. The average molecular weight is 349 g/mol. The first-order valence-electron chi connectivity index (χ1n) is 6.89. The molecule has 0 unspecified atom stereocenters. The Kier molecular flexibility index (Phi) is 4.09. The molecule has 5 N–H and O–H groups in total. The Balaban J connectivity index is 1.74. The summed E-state index contributed by atoms with van der Waals surface area (Å²) in [4.78, 5) is 34.0. The zero-order valence-electron chi connectivity index (χ0n) is 12.3. The summed E-state index contributed by atoms with van der Waals surface area (Å²) in [6.07, 6.45) is 1.34. The van der Waals surface area contributed by atoms with Crippen molar-refractivity contribution in [2.45, 2.75) is 13.1 Å². The number of phenols is 1. The molecule has 10 heteroatoms. The normalized spacial score (nSPS) is 10.9. The first kappa shape index (κ1) is 15.8. The molecule has 0 fully saturated rings. The van der Waals surface area contributed by atoms with Gasteiger partial charge < -0.3 is 20.7 Å². The molecule has 0 aliphatic rings. The lowest BCUT2D eigenvalue weighted by Crippen LogP contribution is -2.27. The number of halogens is 1. The number of nitrogens with one attached hydrogen (secondary N) is 2. The van der Waals surface area contributed by atoms with E-state index in [-0.39, 0.29) is 41.9 Å². The molecule has 0 atom stereocenters. The second-order valence-electron chi connectivity index (χ2n) is 5.05. The smallest absolute Gasteiger partial charge is 0.280 e. The minimum atomic E-state index is -0.469. The number of carbonyl (C=O) groups excluding carboxylic acids is 1. The fraction of sp³-hybridized carbons (Fsp3) is 0.143. The Hall–Kier alpha value is -3.07. The number of aromatic nitrogens is 4. The van der Waals surface area contributed by atoms with Crippen LogP contribution in [0.25, 0.3) is 11.2 Å². The number of aromatic hydroxyl groups is 1. The van der Waals surface area contributed by atoms with Gasteiger partial charge in [-0.05, 0) is 23.8 Å². The number of imidazole rings is 1. The van der Waals surface area contributed by atoms with Crippen molar-refractivity contribution in [1.29, 1.82) is 0 Å². The third-order valence-electron chi connectivity index (χ3n) is 3.31. The molecule has 0 radical (unpaired) electrons. The molecule has 3 aromatic rings. The number of benzene rings is 1. The number of H-pyrrole nitrogens is 1. The highest BCUT2D eigenvalue weighted by molar-refractivity contribution is 6.31. The van der Waals surface area contributed by atoms with E-state index in [4.69, 9.17) is 17.3 Å². The van der Waals surface area contributed by atoms with E-state index >= 15 is 0 Å². The Morgan fingerprint density at radius 3 is 3.04 bits per heavy atom. The first-order chi connectivity index (χ1) is 11.4. The topological polar surface area (TPSA) is 139 Å². The molecule has 0 spiro atoms. The van der Waals surface area contributed by atoms with E-state index in [9.17, 15) is 14.7 Å². The lowest BCUT2D eigenvalue weighted by molar-refractivity contribution is -0.121.